The summed E-state index contributed by atoms with van der Waals surface area (Å²) in [5.74, 6) is 1.01. The molecule has 0 aliphatic carbocycles. The molecule has 25 heavy (non-hydrogen) atoms. The van der Waals surface area contributed by atoms with E-state index in [1.807, 2.05) is 6.07 Å². The van der Waals surface area contributed by atoms with Crippen molar-refractivity contribution in [1.82, 2.24) is 0 Å². The van der Waals surface area contributed by atoms with Gasteiger partial charge in [0.2, 0.25) is 0 Å². The molecule has 2 aromatic rings. The molecule has 0 aliphatic heterocycles. The summed E-state index contributed by atoms with van der Waals surface area (Å²) in [4.78, 5) is 0. The zero-order valence-electron chi connectivity index (χ0n) is 16.5. The minimum atomic E-state index is -1.87. The Bertz CT molecular complexity index is 647. The van der Waals surface area contributed by atoms with E-state index >= 15 is 0 Å². The van der Waals surface area contributed by atoms with Gasteiger partial charge in [-0.1, -0.05) is 96.2 Å². The normalized spacial score (nSPS) is 12.5. The van der Waals surface area contributed by atoms with Crippen LogP contribution in [0.1, 0.15) is 52.7 Å². The lowest BCUT2D eigenvalue weighted by molar-refractivity contribution is 0.480. The monoisotopic (exact) mass is 352 g/mol. The Labute approximate surface area is 154 Å². The summed E-state index contributed by atoms with van der Waals surface area (Å²) >= 11 is 0. The molecule has 0 heterocycles. The first kappa shape index (κ1) is 19.5. The van der Waals surface area contributed by atoms with Gasteiger partial charge < -0.3 is 4.43 Å². The van der Waals surface area contributed by atoms with Gasteiger partial charge in [0.1, 0.15) is 5.75 Å². The fraction of sp³-hybridized carbons (Fsp3) is 0.391. The van der Waals surface area contributed by atoms with Crippen LogP contribution in [0.5, 0.6) is 5.75 Å². The Morgan fingerprint density at radius 3 is 1.52 bits per heavy atom. The van der Waals surface area contributed by atoms with Crippen molar-refractivity contribution < 1.29 is 4.43 Å². The molecular formula is C23H32OSi. The first-order chi connectivity index (χ1) is 11.9. The molecule has 2 heteroatoms. The highest BCUT2D eigenvalue weighted by Gasteiger charge is 2.46. The maximum atomic E-state index is 6.72. The molecule has 0 aromatic heterocycles. The van der Waals surface area contributed by atoms with Gasteiger partial charge in [-0.25, -0.2) is 0 Å². The third-order valence-corrected chi connectivity index (χ3v) is 11.2. The molecular weight excluding hydrogens is 320 g/mol. The SMILES string of the molecule is CC(C)[Si](Oc1ccc(C=Cc2ccccc2)cc1)(C(C)C)C(C)C. The average molecular weight is 353 g/mol. The summed E-state index contributed by atoms with van der Waals surface area (Å²) in [7, 11) is -1.87. The second-order valence-corrected chi connectivity index (χ2v) is 13.1. The highest BCUT2D eigenvalue weighted by Crippen LogP contribution is 2.42. The fourth-order valence-electron chi connectivity index (χ4n) is 3.96. The highest BCUT2D eigenvalue weighted by molar-refractivity contribution is 6.78. The molecule has 2 aromatic carbocycles. The van der Waals surface area contributed by atoms with Crippen LogP contribution in [-0.2, 0) is 0 Å². The molecule has 0 N–H and O–H groups in total. The number of rotatable bonds is 7. The van der Waals surface area contributed by atoms with Crippen molar-refractivity contribution in [3.05, 3.63) is 65.7 Å². The first-order valence-corrected chi connectivity index (χ1v) is 11.5. The van der Waals surface area contributed by atoms with Gasteiger partial charge in [-0.2, -0.15) is 0 Å². The molecule has 134 valence electrons. The van der Waals surface area contributed by atoms with E-state index < -0.39 is 8.32 Å². The molecule has 0 atom stereocenters. The minimum Gasteiger partial charge on any atom is -0.543 e. The van der Waals surface area contributed by atoms with E-state index in [2.05, 4.69) is 102 Å². The lowest BCUT2D eigenvalue weighted by Crippen LogP contribution is -2.50. The van der Waals surface area contributed by atoms with E-state index in [9.17, 15) is 0 Å². The quantitative estimate of drug-likeness (QED) is 0.372. The minimum absolute atomic E-state index is 0.588. The van der Waals surface area contributed by atoms with E-state index in [1.54, 1.807) is 0 Å². The summed E-state index contributed by atoms with van der Waals surface area (Å²) < 4.78 is 6.72. The van der Waals surface area contributed by atoms with Gasteiger partial charge in [-0.05, 0) is 39.9 Å². The van der Waals surface area contributed by atoms with Gasteiger partial charge in [0.15, 0.2) is 0 Å². The predicted molar refractivity (Wildman–Crippen MR) is 113 cm³/mol. The second kappa shape index (κ2) is 8.53. The van der Waals surface area contributed by atoms with Gasteiger partial charge in [-0.15, -0.1) is 0 Å². The molecule has 0 spiro atoms. The van der Waals surface area contributed by atoms with Crippen molar-refractivity contribution in [2.45, 2.75) is 58.2 Å². The van der Waals surface area contributed by atoms with Gasteiger partial charge in [-0.3, -0.25) is 0 Å². The largest absolute Gasteiger partial charge is 0.543 e. The van der Waals surface area contributed by atoms with Crippen molar-refractivity contribution in [3.8, 4) is 5.75 Å². The first-order valence-electron chi connectivity index (χ1n) is 9.38. The lowest BCUT2D eigenvalue weighted by Gasteiger charge is -2.42. The van der Waals surface area contributed by atoms with Gasteiger partial charge in [0.05, 0.1) is 0 Å². The summed E-state index contributed by atoms with van der Waals surface area (Å²) in [5, 5.41) is 0. The van der Waals surface area contributed by atoms with Crippen molar-refractivity contribution in [2.75, 3.05) is 0 Å². The Hall–Kier alpha value is -1.80. The maximum absolute atomic E-state index is 6.72. The van der Waals surface area contributed by atoms with Crippen LogP contribution in [0.15, 0.2) is 54.6 Å². The fourth-order valence-corrected chi connectivity index (χ4v) is 9.21. The Morgan fingerprint density at radius 1 is 0.640 bits per heavy atom. The smallest absolute Gasteiger partial charge is 0.258 e. The van der Waals surface area contributed by atoms with E-state index in [4.69, 9.17) is 4.43 Å². The summed E-state index contributed by atoms with van der Waals surface area (Å²) in [6, 6.07) is 18.9. The molecule has 0 radical (unpaired) electrons. The van der Waals surface area contributed by atoms with Gasteiger partial charge >= 0.3 is 0 Å². The van der Waals surface area contributed by atoms with Crippen LogP contribution in [-0.4, -0.2) is 8.32 Å². The highest BCUT2D eigenvalue weighted by atomic mass is 28.4. The van der Waals surface area contributed by atoms with Crippen LogP contribution in [0, 0.1) is 0 Å². The maximum Gasteiger partial charge on any atom is 0.258 e. The topological polar surface area (TPSA) is 9.23 Å². The van der Waals surface area contributed by atoms with Crippen molar-refractivity contribution in [3.63, 3.8) is 0 Å². The number of benzene rings is 2. The molecule has 0 saturated carbocycles. The average Bonchev–Trinajstić information content (AvgIpc) is 2.59. The second-order valence-electron chi connectivity index (χ2n) is 7.73. The molecule has 2 rings (SSSR count). The summed E-state index contributed by atoms with van der Waals surface area (Å²) in [6.07, 6.45) is 4.29. The van der Waals surface area contributed by atoms with Gasteiger partial charge in [0.25, 0.3) is 8.32 Å². The van der Waals surface area contributed by atoms with Crippen LogP contribution in [0.3, 0.4) is 0 Å². The molecule has 0 bridgehead atoms. The van der Waals surface area contributed by atoms with Crippen LogP contribution >= 0.6 is 0 Å². The Morgan fingerprint density at radius 2 is 1.08 bits per heavy atom. The summed E-state index contributed by atoms with van der Waals surface area (Å²) in [6.45, 7) is 13.9. The summed E-state index contributed by atoms with van der Waals surface area (Å²) in [5.41, 5.74) is 4.18. The predicted octanol–water partition coefficient (Wildman–Crippen LogP) is 7.41. The van der Waals surface area contributed by atoms with Crippen LogP contribution < -0.4 is 4.43 Å². The number of hydrogen-bond acceptors (Lipinski definition) is 1. The zero-order chi connectivity index (χ0) is 18.4. The third-order valence-electron chi connectivity index (χ3n) is 5.15. The molecule has 0 fully saturated rings. The molecule has 1 nitrogen and oxygen atoms in total. The zero-order valence-corrected chi connectivity index (χ0v) is 17.5. The van der Waals surface area contributed by atoms with Crippen LogP contribution in [0.4, 0.5) is 0 Å². The van der Waals surface area contributed by atoms with Crippen molar-refractivity contribution in [1.29, 1.82) is 0 Å². The van der Waals surface area contributed by atoms with Crippen molar-refractivity contribution in [2.24, 2.45) is 0 Å². The van der Waals surface area contributed by atoms with Gasteiger partial charge in [0, 0.05) is 0 Å². The molecule has 0 amide bonds. The number of hydrogen-bond donors (Lipinski definition) is 0. The van der Waals surface area contributed by atoms with E-state index in [-0.39, 0.29) is 0 Å². The Kier molecular flexibility index (Phi) is 6.66. The van der Waals surface area contributed by atoms with Crippen molar-refractivity contribution >= 4 is 20.5 Å². The standard InChI is InChI=1S/C23H32OSi/c1-18(2)25(19(3)4,20(5)6)24-23-16-14-22(15-17-23)13-12-21-10-8-7-9-11-21/h7-20H,1-6H3. The van der Waals surface area contributed by atoms with E-state index in [0.717, 1.165) is 5.75 Å². The molecule has 0 unspecified atom stereocenters. The van der Waals surface area contributed by atoms with Crippen LogP contribution in [0.25, 0.3) is 12.2 Å². The third kappa shape index (κ3) is 4.64. The Balaban J connectivity index is 2.17. The lowest BCUT2D eigenvalue weighted by atomic mass is 10.1. The van der Waals surface area contributed by atoms with E-state index in [0.29, 0.717) is 16.6 Å². The molecule has 0 aliphatic rings. The molecule has 0 saturated heterocycles. The van der Waals surface area contributed by atoms with Crippen LogP contribution in [0.2, 0.25) is 16.6 Å². The van der Waals surface area contributed by atoms with E-state index in [1.165, 1.54) is 11.1 Å².